The average molecular weight is 152 g/mol. The zero-order chi connectivity index (χ0) is 7.84. The van der Waals surface area contributed by atoms with E-state index in [2.05, 4.69) is 6.92 Å². The Labute approximate surface area is 68.2 Å². The molecule has 2 aliphatic carbocycles. The van der Waals surface area contributed by atoms with Gasteiger partial charge in [-0.25, -0.2) is 0 Å². The molecule has 0 spiro atoms. The van der Waals surface area contributed by atoms with Gasteiger partial charge in [0.1, 0.15) is 5.78 Å². The van der Waals surface area contributed by atoms with Gasteiger partial charge in [0, 0.05) is 11.8 Å². The SMILES string of the molecule is C[C@H]1C[C@@H]2CCCC[C@H]1C2=O. The lowest BCUT2D eigenvalue weighted by Crippen LogP contribution is -2.13. The number of rotatable bonds is 0. The molecule has 62 valence electrons. The maximum Gasteiger partial charge on any atom is 0.139 e. The van der Waals surface area contributed by atoms with Gasteiger partial charge in [-0.1, -0.05) is 19.8 Å². The van der Waals surface area contributed by atoms with E-state index >= 15 is 0 Å². The molecule has 2 fully saturated rings. The summed E-state index contributed by atoms with van der Waals surface area (Å²) in [6.07, 6.45) is 6.12. The first kappa shape index (κ1) is 7.33. The van der Waals surface area contributed by atoms with E-state index in [9.17, 15) is 4.79 Å². The molecular weight excluding hydrogens is 136 g/mol. The number of carbonyl (C=O) groups is 1. The van der Waals surface area contributed by atoms with Gasteiger partial charge in [-0.2, -0.15) is 0 Å². The normalized spacial score (nSPS) is 44.1. The summed E-state index contributed by atoms with van der Waals surface area (Å²) < 4.78 is 0. The molecule has 0 heterocycles. The van der Waals surface area contributed by atoms with Crippen molar-refractivity contribution < 1.29 is 4.79 Å². The van der Waals surface area contributed by atoms with Crippen molar-refractivity contribution in [1.29, 1.82) is 0 Å². The first-order valence-electron chi connectivity index (χ1n) is 4.83. The van der Waals surface area contributed by atoms with Gasteiger partial charge in [0.15, 0.2) is 0 Å². The van der Waals surface area contributed by atoms with Crippen molar-refractivity contribution in [2.24, 2.45) is 17.8 Å². The lowest BCUT2D eigenvalue weighted by molar-refractivity contribution is -0.124. The van der Waals surface area contributed by atoms with Crippen molar-refractivity contribution in [2.75, 3.05) is 0 Å². The number of carbonyl (C=O) groups excluding carboxylic acids is 1. The van der Waals surface area contributed by atoms with E-state index in [0.29, 0.717) is 23.5 Å². The summed E-state index contributed by atoms with van der Waals surface area (Å²) in [4.78, 5) is 11.6. The predicted molar refractivity (Wildman–Crippen MR) is 44.2 cm³/mol. The van der Waals surface area contributed by atoms with Gasteiger partial charge in [0.05, 0.1) is 0 Å². The second-order valence-corrected chi connectivity index (χ2v) is 4.20. The molecule has 11 heavy (non-hydrogen) atoms. The number of fused-ring (bicyclic) bond motifs is 2. The standard InChI is InChI=1S/C10H16O/c1-7-6-8-4-2-3-5-9(7)10(8)11/h7-9H,2-6H2,1H3/t7-,8-,9+/m0/s1. The summed E-state index contributed by atoms with van der Waals surface area (Å²) in [6.45, 7) is 2.24. The maximum absolute atomic E-state index is 11.6. The lowest BCUT2D eigenvalue weighted by Gasteiger charge is -2.12. The van der Waals surface area contributed by atoms with Crippen LogP contribution in [0.3, 0.4) is 0 Å². The summed E-state index contributed by atoms with van der Waals surface area (Å²) in [7, 11) is 0. The van der Waals surface area contributed by atoms with Gasteiger partial charge < -0.3 is 0 Å². The van der Waals surface area contributed by atoms with Crippen LogP contribution in [0.15, 0.2) is 0 Å². The van der Waals surface area contributed by atoms with Crippen molar-refractivity contribution in [2.45, 2.75) is 39.0 Å². The Morgan fingerprint density at radius 1 is 1.27 bits per heavy atom. The monoisotopic (exact) mass is 152 g/mol. The highest BCUT2D eigenvalue weighted by Crippen LogP contribution is 2.41. The van der Waals surface area contributed by atoms with E-state index in [-0.39, 0.29) is 0 Å². The van der Waals surface area contributed by atoms with Gasteiger partial charge in [0.2, 0.25) is 0 Å². The second-order valence-electron chi connectivity index (χ2n) is 4.20. The highest BCUT2D eigenvalue weighted by molar-refractivity contribution is 5.86. The smallest absolute Gasteiger partial charge is 0.139 e. The molecule has 0 aliphatic heterocycles. The van der Waals surface area contributed by atoms with Crippen LogP contribution in [0.25, 0.3) is 0 Å². The van der Waals surface area contributed by atoms with Crippen LogP contribution in [0.5, 0.6) is 0 Å². The number of Topliss-reactive ketones (excluding diaryl/α,β-unsaturated/α-hetero) is 1. The minimum absolute atomic E-state index is 0.447. The van der Waals surface area contributed by atoms with Gasteiger partial charge in [0.25, 0.3) is 0 Å². The van der Waals surface area contributed by atoms with E-state index in [1.54, 1.807) is 0 Å². The third-order valence-electron chi connectivity index (χ3n) is 3.43. The Morgan fingerprint density at radius 2 is 2.00 bits per heavy atom. The third kappa shape index (κ3) is 1.11. The largest absolute Gasteiger partial charge is 0.299 e. The molecule has 1 heteroatoms. The zero-order valence-corrected chi connectivity index (χ0v) is 7.18. The minimum atomic E-state index is 0.447. The van der Waals surface area contributed by atoms with Crippen LogP contribution in [0.1, 0.15) is 39.0 Å². The van der Waals surface area contributed by atoms with Crippen LogP contribution in [-0.4, -0.2) is 5.78 Å². The Hall–Kier alpha value is -0.330. The summed E-state index contributed by atoms with van der Waals surface area (Å²) in [5.41, 5.74) is 0. The van der Waals surface area contributed by atoms with Gasteiger partial charge >= 0.3 is 0 Å². The molecule has 0 unspecified atom stereocenters. The van der Waals surface area contributed by atoms with Crippen molar-refractivity contribution in [1.82, 2.24) is 0 Å². The van der Waals surface area contributed by atoms with Gasteiger partial charge in [-0.15, -0.1) is 0 Å². The molecule has 0 amide bonds. The van der Waals surface area contributed by atoms with Crippen LogP contribution in [-0.2, 0) is 4.79 Å². The highest BCUT2D eigenvalue weighted by Gasteiger charge is 2.40. The van der Waals surface area contributed by atoms with Crippen LogP contribution in [0, 0.1) is 17.8 Å². The second kappa shape index (κ2) is 2.62. The molecule has 0 saturated heterocycles. The molecule has 2 aliphatic rings. The number of hydrogen-bond donors (Lipinski definition) is 0. The molecule has 1 nitrogen and oxygen atoms in total. The van der Waals surface area contributed by atoms with Crippen molar-refractivity contribution in [3.63, 3.8) is 0 Å². The Kier molecular flexibility index (Phi) is 1.74. The Morgan fingerprint density at radius 3 is 2.82 bits per heavy atom. The van der Waals surface area contributed by atoms with Crippen LogP contribution in [0.2, 0.25) is 0 Å². The van der Waals surface area contributed by atoms with E-state index in [4.69, 9.17) is 0 Å². The first-order chi connectivity index (χ1) is 5.29. The van der Waals surface area contributed by atoms with Crippen LogP contribution in [0.4, 0.5) is 0 Å². The number of hydrogen-bond acceptors (Lipinski definition) is 1. The quantitative estimate of drug-likeness (QED) is 0.521. The van der Waals surface area contributed by atoms with Crippen molar-refractivity contribution in [3.05, 3.63) is 0 Å². The summed E-state index contributed by atoms with van der Waals surface area (Å²) in [6, 6.07) is 0. The van der Waals surface area contributed by atoms with Crippen LogP contribution >= 0.6 is 0 Å². The summed E-state index contributed by atoms with van der Waals surface area (Å²) >= 11 is 0. The minimum Gasteiger partial charge on any atom is -0.299 e. The maximum atomic E-state index is 11.6. The first-order valence-corrected chi connectivity index (χ1v) is 4.83. The van der Waals surface area contributed by atoms with E-state index in [1.165, 1.54) is 32.1 Å². The van der Waals surface area contributed by atoms with Gasteiger partial charge in [-0.3, -0.25) is 4.79 Å². The predicted octanol–water partition coefficient (Wildman–Crippen LogP) is 2.40. The Bertz CT molecular complexity index is 174. The molecular formula is C10H16O. The van der Waals surface area contributed by atoms with Crippen molar-refractivity contribution >= 4 is 5.78 Å². The molecule has 2 bridgehead atoms. The number of ketones is 1. The van der Waals surface area contributed by atoms with Gasteiger partial charge in [-0.05, 0) is 25.2 Å². The highest BCUT2D eigenvalue weighted by atomic mass is 16.1. The molecule has 0 aromatic heterocycles. The average Bonchev–Trinajstić information content (AvgIpc) is 2.17. The van der Waals surface area contributed by atoms with E-state index in [0.717, 1.165) is 0 Å². The Balaban J connectivity index is 2.18. The molecule has 0 radical (unpaired) electrons. The molecule has 0 aromatic rings. The van der Waals surface area contributed by atoms with E-state index in [1.807, 2.05) is 0 Å². The van der Waals surface area contributed by atoms with Crippen LogP contribution < -0.4 is 0 Å². The molecule has 0 aromatic carbocycles. The third-order valence-corrected chi connectivity index (χ3v) is 3.43. The van der Waals surface area contributed by atoms with Crippen molar-refractivity contribution in [3.8, 4) is 0 Å². The molecule has 2 rings (SSSR count). The topological polar surface area (TPSA) is 17.1 Å². The molecule has 2 saturated carbocycles. The van der Waals surface area contributed by atoms with E-state index < -0.39 is 0 Å². The molecule has 3 atom stereocenters. The summed E-state index contributed by atoms with van der Waals surface area (Å²) in [5.74, 6) is 2.18. The summed E-state index contributed by atoms with van der Waals surface area (Å²) in [5, 5.41) is 0. The lowest BCUT2D eigenvalue weighted by atomic mass is 9.92. The molecule has 0 N–H and O–H groups in total. The fraction of sp³-hybridized carbons (Fsp3) is 0.900. The fourth-order valence-corrected chi connectivity index (χ4v) is 2.75. The fourth-order valence-electron chi connectivity index (χ4n) is 2.75. The zero-order valence-electron chi connectivity index (χ0n) is 7.18.